The predicted molar refractivity (Wildman–Crippen MR) is 68.3 cm³/mol. The van der Waals surface area contributed by atoms with Crippen molar-refractivity contribution in [1.82, 2.24) is 5.32 Å². The van der Waals surface area contributed by atoms with Crippen molar-refractivity contribution >= 4 is 11.3 Å². The van der Waals surface area contributed by atoms with E-state index in [1.165, 1.54) is 36.1 Å². The summed E-state index contributed by atoms with van der Waals surface area (Å²) < 4.78 is 0. The molecule has 1 heterocycles. The smallest absolute Gasteiger partial charge is 0.0302 e. The van der Waals surface area contributed by atoms with Crippen molar-refractivity contribution in [1.29, 1.82) is 0 Å². The summed E-state index contributed by atoms with van der Waals surface area (Å²) in [6.07, 6.45) is 5.01. The Morgan fingerprint density at radius 1 is 1.27 bits per heavy atom. The summed E-state index contributed by atoms with van der Waals surface area (Å²) in [5.74, 6) is 0. The summed E-state index contributed by atoms with van der Waals surface area (Å²) in [5.41, 5.74) is 6.85. The van der Waals surface area contributed by atoms with Gasteiger partial charge in [0.05, 0.1) is 0 Å². The number of aryl methyl sites for hydroxylation is 1. The Kier molecular flexibility index (Phi) is 6.64. The van der Waals surface area contributed by atoms with Crippen LogP contribution in [0.4, 0.5) is 0 Å². The summed E-state index contributed by atoms with van der Waals surface area (Å²) in [7, 11) is 0. The van der Waals surface area contributed by atoms with Crippen LogP contribution in [0.25, 0.3) is 0 Å². The van der Waals surface area contributed by atoms with Crippen LogP contribution >= 0.6 is 11.3 Å². The molecule has 3 N–H and O–H groups in total. The average Bonchev–Trinajstić information content (AvgIpc) is 2.63. The first kappa shape index (κ1) is 12.7. The molecule has 1 aromatic rings. The van der Waals surface area contributed by atoms with E-state index in [1.54, 1.807) is 0 Å². The van der Waals surface area contributed by atoms with Gasteiger partial charge in [0.2, 0.25) is 0 Å². The van der Waals surface area contributed by atoms with E-state index in [-0.39, 0.29) is 0 Å². The largest absolute Gasteiger partial charge is 0.330 e. The van der Waals surface area contributed by atoms with Crippen LogP contribution in [0.1, 0.15) is 36.1 Å². The number of unbranched alkanes of at least 4 members (excludes halogenated alkanes) is 3. The van der Waals surface area contributed by atoms with E-state index in [2.05, 4.69) is 23.7 Å². The summed E-state index contributed by atoms with van der Waals surface area (Å²) in [6.45, 7) is 5.17. The van der Waals surface area contributed by atoms with Crippen molar-refractivity contribution in [2.45, 2.75) is 39.2 Å². The van der Waals surface area contributed by atoms with E-state index in [1.807, 2.05) is 11.3 Å². The summed E-state index contributed by atoms with van der Waals surface area (Å²) in [6, 6.07) is 2.18. The minimum atomic E-state index is 0.835. The van der Waals surface area contributed by atoms with E-state index in [4.69, 9.17) is 5.73 Å². The van der Waals surface area contributed by atoms with Gasteiger partial charge in [0.25, 0.3) is 0 Å². The molecule has 0 aromatic carbocycles. The predicted octanol–water partition coefficient (Wildman–Crippen LogP) is 2.67. The van der Waals surface area contributed by atoms with Gasteiger partial charge in [-0.15, -0.1) is 11.3 Å². The third-order valence-electron chi connectivity index (χ3n) is 2.56. The highest BCUT2D eigenvalue weighted by Crippen LogP contribution is 2.14. The minimum absolute atomic E-state index is 0.835. The standard InChI is InChI=1S/C12H22N2S/c1-11-6-9-15-12(11)10-14-8-5-3-2-4-7-13/h6,9,14H,2-5,7-8,10,13H2,1H3. The van der Waals surface area contributed by atoms with Crippen LogP contribution in [0.15, 0.2) is 11.4 Å². The molecule has 0 aliphatic rings. The molecule has 0 fully saturated rings. The molecule has 86 valence electrons. The zero-order valence-corrected chi connectivity index (χ0v) is 10.4. The van der Waals surface area contributed by atoms with Crippen molar-refractivity contribution in [2.75, 3.05) is 13.1 Å². The van der Waals surface area contributed by atoms with Gasteiger partial charge in [0.15, 0.2) is 0 Å². The SMILES string of the molecule is Cc1ccsc1CNCCCCCCN. The Hall–Kier alpha value is -0.380. The van der Waals surface area contributed by atoms with E-state index in [0.717, 1.165) is 19.6 Å². The molecular formula is C12H22N2S. The number of nitrogens with one attached hydrogen (secondary N) is 1. The molecule has 1 rings (SSSR count). The molecule has 2 nitrogen and oxygen atoms in total. The monoisotopic (exact) mass is 226 g/mol. The molecule has 0 spiro atoms. The van der Waals surface area contributed by atoms with Crippen LogP contribution in [0.5, 0.6) is 0 Å². The molecule has 0 aliphatic heterocycles. The highest BCUT2D eigenvalue weighted by molar-refractivity contribution is 7.10. The fraction of sp³-hybridized carbons (Fsp3) is 0.667. The lowest BCUT2D eigenvalue weighted by molar-refractivity contribution is 0.592. The number of nitrogens with two attached hydrogens (primary N) is 1. The lowest BCUT2D eigenvalue weighted by atomic mass is 10.2. The molecule has 0 unspecified atom stereocenters. The quantitative estimate of drug-likeness (QED) is 0.669. The van der Waals surface area contributed by atoms with Crippen molar-refractivity contribution in [3.63, 3.8) is 0 Å². The van der Waals surface area contributed by atoms with Gasteiger partial charge in [-0.1, -0.05) is 12.8 Å². The highest BCUT2D eigenvalue weighted by atomic mass is 32.1. The van der Waals surface area contributed by atoms with Crippen LogP contribution in [0.2, 0.25) is 0 Å². The molecule has 3 heteroatoms. The third kappa shape index (κ3) is 5.30. The van der Waals surface area contributed by atoms with Gasteiger partial charge in [-0.3, -0.25) is 0 Å². The Morgan fingerprint density at radius 3 is 2.73 bits per heavy atom. The molecule has 0 radical (unpaired) electrons. The molecule has 0 amide bonds. The van der Waals surface area contributed by atoms with Crippen molar-refractivity contribution < 1.29 is 0 Å². The number of hydrogen-bond donors (Lipinski definition) is 2. The highest BCUT2D eigenvalue weighted by Gasteiger charge is 1.97. The van der Waals surface area contributed by atoms with Gasteiger partial charge in [-0.25, -0.2) is 0 Å². The third-order valence-corrected chi connectivity index (χ3v) is 3.58. The van der Waals surface area contributed by atoms with Gasteiger partial charge in [-0.05, 0) is 49.9 Å². The van der Waals surface area contributed by atoms with Gasteiger partial charge >= 0.3 is 0 Å². The number of thiophene rings is 1. The lowest BCUT2D eigenvalue weighted by Crippen LogP contribution is -2.14. The molecular weight excluding hydrogens is 204 g/mol. The molecule has 0 bridgehead atoms. The van der Waals surface area contributed by atoms with Gasteiger partial charge in [0, 0.05) is 11.4 Å². The zero-order chi connectivity index (χ0) is 10.9. The summed E-state index contributed by atoms with van der Waals surface area (Å²) >= 11 is 1.84. The van der Waals surface area contributed by atoms with E-state index >= 15 is 0 Å². The molecule has 15 heavy (non-hydrogen) atoms. The summed E-state index contributed by atoms with van der Waals surface area (Å²) in [5, 5.41) is 5.65. The molecule has 0 saturated carbocycles. The van der Waals surface area contributed by atoms with Crippen LogP contribution in [-0.4, -0.2) is 13.1 Å². The maximum absolute atomic E-state index is 5.44. The normalized spacial score (nSPS) is 10.8. The van der Waals surface area contributed by atoms with Crippen LogP contribution in [0.3, 0.4) is 0 Å². The molecule has 0 atom stereocenters. The first-order chi connectivity index (χ1) is 7.34. The second kappa shape index (κ2) is 7.85. The Balaban J connectivity index is 1.96. The minimum Gasteiger partial charge on any atom is -0.330 e. The topological polar surface area (TPSA) is 38.0 Å². The Bertz CT molecular complexity index is 258. The average molecular weight is 226 g/mol. The van der Waals surface area contributed by atoms with Gasteiger partial charge < -0.3 is 11.1 Å². The van der Waals surface area contributed by atoms with Crippen molar-refractivity contribution in [2.24, 2.45) is 5.73 Å². The maximum atomic E-state index is 5.44. The van der Waals surface area contributed by atoms with E-state index in [9.17, 15) is 0 Å². The molecule has 1 aromatic heterocycles. The number of rotatable bonds is 8. The summed E-state index contributed by atoms with van der Waals surface area (Å²) in [4.78, 5) is 1.47. The second-order valence-electron chi connectivity index (χ2n) is 3.91. The van der Waals surface area contributed by atoms with Gasteiger partial charge in [0.1, 0.15) is 0 Å². The maximum Gasteiger partial charge on any atom is 0.0302 e. The fourth-order valence-electron chi connectivity index (χ4n) is 1.54. The second-order valence-corrected chi connectivity index (χ2v) is 4.91. The van der Waals surface area contributed by atoms with Crippen LogP contribution in [0, 0.1) is 6.92 Å². The van der Waals surface area contributed by atoms with Crippen molar-refractivity contribution in [3.05, 3.63) is 21.9 Å². The lowest BCUT2D eigenvalue weighted by Gasteiger charge is -2.03. The van der Waals surface area contributed by atoms with Crippen molar-refractivity contribution in [3.8, 4) is 0 Å². The zero-order valence-electron chi connectivity index (χ0n) is 9.59. The number of hydrogen-bond acceptors (Lipinski definition) is 3. The Morgan fingerprint density at radius 2 is 2.07 bits per heavy atom. The Labute approximate surface area is 96.9 Å². The van der Waals surface area contributed by atoms with Gasteiger partial charge in [-0.2, -0.15) is 0 Å². The van der Waals surface area contributed by atoms with Crippen LogP contribution in [-0.2, 0) is 6.54 Å². The first-order valence-electron chi connectivity index (χ1n) is 5.78. The van der Waals surface area contributed by atoms with Crippen LogP contribution < -0.4 is 11.1 Å². The molecule has 0 aliphatic carbocycles. The fourth-order valence-corrected chi connectivity index (χ4v) is 2.41. The first-order valence-corrected chi connectivity index (χ1v) is 6.66. The molecule has 0 saturated heterocycles. The van der Waals surface area contributed by atoms with E-state index < -0.39 is 0 Å². The van der Waals surface area contributed by atoms with E-state index in [0.29, 0.717) is 0 Å².